The number of hydrogen-bond donors (Lipinski definition) is 11. The second-order valence-corrected chi connectivity index (χ2v) is 21.8. The number of carbonyl (C=O) groups is 2. The minimum Gasteiger partial charge on any atom is -0.477 e. The monoisotopic (exact) mass is 977 g/mol. The summed E-state index contributed by atoms with van der Waals surface area (Å²) < 4.78 is 30.7. The van der Waals surface area contributed by atoms with Crippen LogP contribution in [0.3, 0.4) is 0 Å². The summed E-state index contributed by atoms with van der Waals surface area (Å²) in [7, 11) is 6.28. The number of aliphatic hydroxyl groups is 7. The molecule has 0 aromatic carbocycles. The van der Waals surface area contributed by atoms with Gasteiger partial charge in [-0.15, -0.1) is 0 Å². The van der Waals surface area contributed by atoms with Crippen LogP contribution in [0.4, 0.5) is 0 Å². The van der Waals surface area contributed by atoms with Gasteiger partial charge in [-0.3, -0.25) is 9.89 Å². The first-order valence-electron chi connectivity index (χ1n) is 21.3. The number of rotatable bonds is 12. The van der Waals surface area contributed by atoms with Crippen molar-refractivity contribution in [2.45, 2.75) is 93.3 Å². The van der Waals surface area contributed by atoms with Crippen LogP contribution in [0.5, 0.6) is 0 Å². The van der Waals surface area contributed by atoms with Crippen LogP contribution in [0.15, 0.2) is 64.2 Å². The highest BCUT2D eigenvalue weighted by Crippen LogP contribution is 2.44. The van der Waals surface area contributed by atoms with E-state index in [4.69, 9.17) is 29.4 Å². The zero-order valence-corrected chi connectivity index (χ0v) is 38.8. The third kappa shape index (κ3) is 12.0. The molecule has 5 aliphatic heterocycles. The number of carboxylic acids is 1. The second-order valence-electron chi connectivity index (χ2n) is 16.6. The normalized spacial score (nSPS) is 36.1. The predicted molar refractivity (Wildman–Crippen MR) is 241 cm³/mol. The van der Waals surface area contributed by atoms with Gasteiger partial charge in [-0.25, -0.2) is 9.59 Å². The lowest BCUT2D eigenvalue weighted by Gasteiger charge is -2.48. The molecule has 6 aliphatic rings. The van der Waals surface area contributed by atoms with E-state index in [0.29, 0.717) is 47.0 Å². The third-order valence-corrected chi connectivity index (χ3v) is 17.5. The lowest BCUT2D eigenvalue weighted by Crippen LogP contribution is -3.14. The number of guanidine groups is 1. The zero-order chi connectivity index (χ0) is 46.1. The molecule has 1 saturated heterocycles. The standard InChI is InChI=1S/C41H60N4O15S4/c1-21(2)57-35-39(59-31(17-49)34(50)41(35,54)55)60-38-25-5-3-12-61-62-20-32-29(16-48)45-13-22(33(26(14-45)36(51)52)44-40(42)43-10-4-11-46)6-8-24(25)27(18-56-38)37(53)58-30-9-7-23(15-47)28(30)19-63-64-32/h3,5-6,8,14,18,21,23-25,28-32,34-35,38-39,46-50,54-55H,4,7,9-13,15-17,19-20H2,1-2H3,(H,51,52)(H3,42,43,44)/p+1. The van der Waals surface area contributed by atoms with E-state index in [0.717, 1.165) is 0 Å². The summed E-state index contributed by atoms with van der Waals surface area (Å²) in [6, 6.07) is -0.480. The van der Waals surface area contributed by atoms with Crippen molar-refractivity contribution in [3.05, 3.63) is 59.2 Å². The Kier molecular flexibility index (Phi) is 18.8. The van der Waals surface area contributed by atoms with Crippen LogP contribution in [0.25, 0.3) is 0 Å². The van der Waals surface area contributed by atoms with Crippen molar-refractivity contribution in [3.8, 4) is 0 Å². The van der Waals surface area contributed by atoms with E-state index >= 15 is 0 Å². The molecule has 6 rings (SSSR count). The maximum absolute atomic E-state index is 14.6. The largest absolute Gasteiger partial charge is 0.477 e. The van der Waals surface area contributed by atoms with E-state index in [-0.39, 0.29) is 72.8 Å². The molecule has 5 heterocycles. The van der Waals surface area contributed by atoms with Gasteiger partial charge >= 0.3 is 11.9 Å². The number of carboxylic acid groups (broad SMARTS) is 1. The van der Waals surface area contributed by atoms with Gasteiger partial charge in [0.2, 0.25) is 12.1 Å². The molecular weight excluding hydrogens is 917 g/mol. The Balaban J connectivity index is 1.52. The zero-order valence-electron chi connectivity index (χ0n) is 35.5. The first kappa shape index (κ1) is 51.1. The Morgan fingerprint density at radius 1 is 1.08 bits per heavy atom. The highest BCUT2D eigenvalue weighted by molar-refractivity contribution is 8.78. The fourth-order valence-corrected chi connectivity index (χ4v) is 14.7. The highest BCUT2D eigenvalue weighted by atomic mass is 33.1. The number of nitrogens with two attached hydrogens (primary N) is 1. The van der Waals surface area contributed by atoms with Gasteiger partial charge in [0.15, 0.2) is 18.4 Å². The van der Waals surface area contributed by atoms with Crippen LogP contribution >= 0.6 is 43.2 Å². The van der Waals surface area contributed by atoms with Gasteiger partial charge in [-0.05, 0) is 39.0 Å². The van der Waals surface area contributed by atoms with Crippen LogP contribution in [0, 0.1) is 23.7 Å². The van der Waals surface area contributed by atoms with Crippen LogP contribution in [0.2, 0.25) is 0 Å². The third-order valence-electron chi connectivity index (χ3n) is 12.0. The molecule has 0 spiro atoms. The van der Waals surface area contributed by atoms with Gasteiger partial charge in [-0.1, -0.05) is 67.5 Å². The maximum atomic E-state index is 14.6. The summed E-state index contributed by atoms with van der Waals surface area (Å²) in [6.07, 6.45) is 2.05. The molecule has 4 bridgehead atoms. The smallest absolute Gasteiger partial charge is 0.343 e. The number of carbonyl (C=O) groups excluding carboxylic acids is 1. The molecule has 13 atom stereocenters. The number of nitrogens with one attached hydrogen (secondary N) is 2. The van der Waals surface area contributed by atoms with Crippen molar-refractivity contribution >= 4 is 61.1 Å². The lowest BCUT2D eigenvalue weighted by atomic mass is 9.82. The van der Waals surface area contributed by atoms with Gasteiger partial charge in [0.05, 0.1) is 48.0 Å². The number of fused-ring (bicyclic) bond motifs is 2. The second kappa shape index (κ2) is 23.6. The Morgan fingerprint density at radius 3 is 2.58 bits per heavy atom. The average molecular weight is 978 g/mol. The SMILES string of the molecule is CC(C)OC1C(OC2OC=C3C(=O)OC4CCC(CO)C4CSSC4CSSCC=CC2C3C=CC2=C(NC(N)=NCCCO)C(C(=O)O)=C[NH+](C2)C4CO)OC(CO)C(O)C1(O)O. The predicted octanol–water partition coefficient (Wildman–Crippen LogP) is -1.00. The van der Waals surface area contributed by atoms with Crippen LogP contribution < -0.4 is 16.0 Å². The van der Waals surface area contributed by atoms with Crippen molar-refractivity contribution < 1.29 is 79.0 Å². The minimum atomic E-state index is -2.94. The van der Waals surface area contributed by atoms with Gasteiger partial charge in [0.25, 0.3) is 0 Å². The Bertz CT molecular complexity index is 1820. The van der Waals surface area contributed by atoms with Crippen molar-refractivity contribution in [2.24, 2.45) is 34.4 Å². The van der Waals surface area contributed by atoms with E-state index in [2.05, 4.69) is 10.3 Å². The van der Waals surface area contributed by atoms with Gasteiger partial charge in [0, 0.05) is 54.4 Å². The molecule has 1 aliphatic carbocycles. The highest BCUT2D eigenvalue weighted by Gasteiger charge is 2.58. The van der Waals surface area contributed by atoms with Crippen LogP contribution in [0.1, 0.15) is 33.1 Å². The van der Waals surface area contributed by atoms with Gasteiger partial charge < -0.3 is 75.6 Å². The Hall–Kier alpha value is -2.33. The molecule has 0 radical (unpaired) electrons. The number of nitrogens with zero attached hydrogens (tertiary/aromatic N) is 1. The van der Waals surface area contributed by atoms with Gasteiger partial charge in [-0.2, -0.15) is 0 Å². The molecule has 19 nitrogen and oxygen atoms in total. The number of ether oxygens (including phenoxy) is 5. The summed E-state index contributed by atoms with van der Waals surface area (Å²) in [4.78, 5) is 32.6. The number of quaternary nitrogens is 1. The number of aliphatic hydroxyl groups excluding tert-OH is 5. The molecule has 0 aromatic heterocycles. The molecular formula is C41H61N4O15S4+. The van der Waals surface area contributed by atoms with E-state index in [1.165, 1.54) is 6.26 Å². The minimum absolute atomic E-state index is 0.0850. The number of hydrogen-bond acceptors (Lipinski definition) is 19. The lowest BCUT2D eigenvalue weighted by molar-refractivity contribution is -0.870. The van der Waals surface area contributed by atoms with Crippen molar-refractivity contribution in [2.75, 3.05) is 56.8 Å². The average Bonchev–Trinajstić information content (AvgIpc) is 3.64. The number of allylic oxidation sites excluding steroid dienone is 1. The molecule has 0 amide bonds. The van der Waals surface area contributed by atoms with Gasteiger partial charge in [0.1, 0.15) is 42.7 Å². The summed E-state index contributed by atoms with van der Waals surface area (Å²) in [5.74, 6) is -5.55. The quantitative estimate of drug-likeness (QED) is 0.0213. The molecule has 23 heteroatoms. The molecule has 1 saturated carbocycles. The first-order valence-corrected chi connectivity index (χ1v) is 26.2. The van der Waals surface area contributed by atoms with Crippen molar-refractivity contribution in [1.29, 1.82) is 0 Å². The Morgan fingerprint density at radius 2 is 1.88 bits per heavy atom. The molecule has 64 heavy (non-hydrogen) atoms. The van der Waals surface area contributed by atoms with E-state index in [1.807, 2.05) is 6.08 Å². The summed E-state index contributed by atoms with van der Waals surface area (Å²) in [5.41, 5.74) is 6.82. The van der Waals surface area contributed by atoms with Crippen molar-refractivity contribution in [1.82, 2.24) is 5.32 Å². The number of esters is 1. The topological polar surface area (TPSA) is 297 Å². The van der Waals surface area contributed by atoms with E-state index in [1.54, 1.807) is 81.5 Å². The molecule has 0 aromatic rings. The first-order chi connectivity index (χ1) is 30.7. The van der Waals surface area contributed by atoms with Crippen LogP contribution in [-0.4, -0.2) is 176 Å². The van der Waals surface area contributed by atoms with E-state index in [9.17, 15) is 50.4 Å². The van der Waals surface area contributed by atoms with E-state index < -0.39 is 85.3 Å². The Labute approximate surface area is 387 Å². The fourth-order valence-electron chi connectivity index (χ4n) is 8.61. The molecule has 12 N–H and O–H groups in total. The van der Waals surface area contributed by atoms with Crippen molar-refractivity contribution in [3.63, 3.8) is 0 Å². The molecule has 2 fully saturated rings. The number of aliphatic imine (C=N–C) groups is 1. The maximum Gasteiger partial charge on any atom is 0.343 e. The molecule has 13 unspecified atom stereocenters. The van der Waals surface area contributed by atoms with Crippen LogP contribution in [-0.2, 0) is 33.3 Å². The number of aliphatic carboxylic acids is 1. The molecule has 358 valence electrons. The fraction of sp³-hybridized carbons (Fsp3) is 0.683. The summed E-state index contributed by atoms with van der Waals surface area (Å²) in [6.45, 7) is 2.33. The summed E-state index contributed by atoms with van der Waals surface area (Å²) >= 11 is 0. The summed E-state index contributed by atoms with van der Waals surface area (Å²) in [5, 5.41) is 87.5.